The Labute approximate surface area is 160 Å². The number of nitrogens with one attached hydrogen (secondary N) is 2. The van der Waals surface area contributed by atoms with Gasteiger partial charge in [-0.15, -0.1) is 0 Å². The Morgan fingerprint density at radius 3 is 2.35 bits per heavy atom. The highest BCUT2D eigenvalue weighted by Gasteiger charge is 2.08. The SMILES string of the molecule is COc1ccc(Br)cc1/C=C/C(=O)Nc1ccc(OC)c(NC(C)=O)c1. The van der Waals surface area contributed by atoms with Crippen molar-refractivity contribution in [1.82, 2.24) is 0 Å². The van der Waals surface area contributed by atoms with Crippen molar-refractivity contribution >= 4 is 45.2 Å². The molecule has 136 valence electrons. The topological polar surface area (TPSA) is 76.7 Å². The second-order valence-electron chi connectivity index (χ2n) is 5.31. The van der Waals surface area contributed by atoms with Crippen molar-refractivity contribution < 1.29 is 19.1 Å². The molecular formula is C19H19BrN2O4. The van der Waals surface area contributed by atoms with Gasteiger partial charge in [-0.2, -0.15) is 0 Å². The van der Waals surface area contributed by atoms with Crippen molar-refractivity contribution in [3.8, 4) is 11.5 Å². The summed E-state index contributed by atoms with van der Waals surface area (Å²) >= 11 is 3.39. The molecule has 0 aliphatic heterocycles. The zero-order valence-corrected chi connectivity index (χ0v) is 16.2. The number of carbonyl (C=O) groups is 2. The van der Waals surface area contributed by atoms with Gasteiger partial charge in [-0.1, -0.05) is 15.9 Å². The van der Waals surface area contributed by atoms with Gasteiger partial charge in [-0.25, -0.2) is 0 Å². The Morgan fingerprint density at radius 1 is 1.00 bits per heavy atom. The summed E-state index contributed by atoms with van der Waals surface area (Å²) in [4.78, 5) is 23.5. The third-order valence-corrected chi connectivity index (χ3v) is 3.88. The molecule has 0 bridgehead atoms. The van der Waals surface area contributed by atoms with Crippen LogP contribution < -0.4 is 20.1 Å². The number of hydrogen-bond acceptors (Lipinski definition) is 4. The number of methoxy groups -OCH3 is 2. The molecule has 0 heterocycles. The first kappa shape index (κ1) is 19.5. The number of hydrogen-bond donors (Lipinski definition) is 2. The first-order chi connectivity index (χ1) is 12.4. The van der Waals surface area contributed by atoms with Crippen LogP contribution in [0.25, 0.3) is 6.08 Å². The van der Waals surface area contributed by atoms with Crippen LogP contribution in [-0.2, 0) is 9.59 Å². The molecule has 6 nitrogen and oxygen atoms in total. The molecule has 0 aromatic heterocycles. The molecule has 2 aromatic rings. The largest absolute Gasteiger partial charge is 0.496 e. The van der Waals surface area contributed by atoms with Crippen LogP contribution in [0.3, 0.4) is 0 Å². The Hall–Kier alpha value is -2.80. The highest BCUT2D eigenvalue weighted by molar-refractivity contribution is 9.10. The molecule has 26 heavy (non-hydrogen) atoms. The predicted octanol–water partition coefficient (Wildman–Crippen LogP) is 4.08. The van der Waals surface area contributed by atoms with Gasteiger partial charge in [0, 0.05) is 28.7 Å². The number of carbonyl (C=O) groups excluding carboxylic acids is 2. The average Bonchev–Trinajstić information content (AvgIpc) is 2.60. The van der Waals surface area contributed by atoms with Crippen LogP contribution in [-0.4, -0.2) is 26.0 Å². The molecule has 0 atom stereocenters. The molecule has 0 saturated carbocycles. The van der Waals surface area contributed by atoms with E-state index in [4.69, 9.17) is 9.47 Å². The third kappa shape index (κ3) is 5.35. The Kier molecular flexibility index (Phi) is 6.80. The quantitative estimate of drug-likeness (QED) is 0.692. The van der Waals surface area contributed by atoms with E-state index in [1.54, 1.807) is 31.4 Å². The van der Waals surface area contributed by atoms with Crippen molar-refractivity contribution in [2.24, 2.45) is 0 Å². The molecule has 2 aromatic carbocycles. The van der Waals surface area contributed by atoms with E-state index in [2.05, 4.69) is 26.6 Å². The summed E-state index contributed by atoms with van der Waals surface area (Å²) in [5, 5.41) is 5.41. The van der Waals surface area contributed by atoms with E-state index in [-0.39, 0.29) is 11.8 Å². The molecule has 0 aliphatic carbocycles. The summed E-state index contributed by atoms with van der Waals surface area (Å²) in [5.41, 5.74) is 1.78. The zero-order chi connectivity index (χ0) is 19.1. The summed E-state index contributed by atoms with van der Waals surface area (Å²) in [5.74, 6) is 0.627. The van der Waals surface area contributed by atoms with Gasteiger partial charge >= 0.3 is 0 Å². The molecule has 0 saturated heterocycles. The highest BCUT2D eigenvalue weighted by Crippen LogP contribution is 2.28. The Morgan fingerprint density at radius 2 is 1.69 bits per heavy atom. The number of halogens is 1. The third-order valence-electron chi connectivity index (χ3n) is 3.38. The normalized spacial score (nSPS) is 10.5. The molecule has 0 unspecified atom stereocenters. The number of anilines is 2. The van der Waals surface area contributed by atoms with Gasteiger partial charge in [0.05, 0.1) is 19.9 Å². The fourth-order valence-corrected chi connectivity index (χ4v) is 2.64. The lowest BCUT2D eigenvalue weighted by Gasteiger charge is -2.11. The molecular weight excluding hydrogens is 400 g/mol. The van der Waals surface area contributed by atoms with Gasteiger partial charge in [-0.3, -0.25) is 9.59 Å². The van der Waals surface area contributed by atoms with Crippen molar-refractivity contribution in [2.45, 2.75) is 6.92 Å². The van der Waals surface area contributed by atoms with Crippen LogP contribution in [0, 0.1) is 0 Å². The minimum atomic E-state index is -0.314. The van der Waals surface area contributed by atoms with Crippen molar-refractivity contribution in [3.05, 3.63) is 52.5 Å². The van der Waals surface area contributed by atoms with E-state index in [0.29, 0.717) is 22.9 Å². The lowest BCUT2D eigenvalue weighted by Crippen LogP contribution is -2.10. The summed E-state index contributed by atoms with van der Waals surface area (Å²) in [6.45, 7) is 1.40. The molecule has 0 aliphatic rings. The lowest BCUT2D eigenvalue weighted by atomic mass is 10.2. The zero-order valence-electron chi connectivity index (χ0n) is 14.6. The second-order valence-corrected chi connectivity index (χ2v) is 6.22. The first-order valence-corrected chi connectivity index (χ1v) is 8.50. The fourth-order valence-electron chi connectivity index (χ4n) is 2.26. The van der Waals surface area contributed by atoms with Gasteiger partial charge in [0.2, 0.25) is 11.8 Å². The number of benzene rings is 2. The molecule has 0 fully saturated rings. The van der Waals surface area contributed by atoms with Gasteiger partial charge < -0.3 is 20.1 Å². The summed E-state index contributed by atoms with van der Waals surface area (Å²) in [7, 11) is 3.08. The number of ether oxygens (including phenoxy) is 2. The van der Waals surface area contributed by atoms with Crippen molar-refractivity contribution in [1.29, 1.82) is 0 Å². The van der Waals surface area contributed by atoms with Gasteiger partial charge in [-0.05, 0) is 42.5 Å². The van der Waals surface area contributed by atoms with Crippen LogP contribution in [0.4, 0.5) is 11.4 Å². The van der Waals surface area contributed by atoms with Crippen LogP contribution in [0.1, 0.15) is 12.5 Å². The first-order valence-electron chi connectivity index (χ1n) is 7.71. The molecule has 2 rings (SSSR count). The van der Waals surface area contributed by atoms with Crippen LogP contribution >= 0.6 is 15.9 Å². The average molecular weight is 419 g/mol. The van der Waals surface area contributed by atoms with Crippen LogP contribution in [0.5, 0.6) is 11.5 Å². The van der Waals surface area contributed by atoms with E-state index in [1.165, 1.54) is 20.1 Å². The second kappa shape index (κ2) is 9.05. The maximum absolute atomic E-state index is 12.2. The molecule has 0 spiro atoms. The fraction of sp³-hybridized carbons (Fsp3) is 0.158. The van der Waals surface area contributed by atoms with Gasteiger partial charge in [0.25, 0.3) is 0 Å². The molecule has 2 N–H and O–H groups in total. The Bertz CT molecular complexity index is 849. The molecule has 2 amide bonds. The monoisotopic (exact) mass is 418 g/mol. The number of rotatable bonds is 6. The number of amides is 2. The van der Waals surface area contributed by atoms with Crippen LogP contribution in [0.15, 0.2) is 46.9 Å². The lowest BCUT2D eigenvalue weighted by molar-refractivity contribution is -0.114. The summed E-state index contributed by atoms with van der Waals surface area (Å²) < 4.78 is 11.3. The smallest absolute Gasteiger partial charge is 0.248 e. The maximum atomic E-state index is 12.2. The summed E-state index contributed by atoms with van der Waals surface area (Å²) in [6, 6.07) is 10.5. The van der Waals surface area contributed by atoms with E-state index in [0.717, 1.165) is 10.0 Å². The predicted molar refractivity (Wildman–Crippen MR) is 106 cm³/mol. The highest BCUT2D eigenvalue weighted by atomic mass is 79.9. The van der Waals surface area contributed by atoms with Gasteiger partial charge in [0.15, 0.2) is 0 Å². The van der Waals surface area contributed by atoms with E-state index in [1.807, 2.05) is 18.2 Å². The summed E-state index contributed by atoms with van der Waals surface area (Å²) in [6.07, 6.45) is 3.07. The maximum Gasteiger partial charge on any atom is 0.248 e. The molecule has 7 heteroatoms. The minimum Gasteiger partial charge on any atom is -0.496 e. The minimum absolute atomic E-state index is 0.228. The van der Waals surface area contributed by atoms with E-state index >= 15 is 0 Å². The van der Waals surface area contributed by atoms with Crippen LogP contribution in [0.2, 0.25) is 0 Å². The van der Waals surface area contributed by atoms with E-state index < -0.39 is 0 Å². The molecule has 0 radical (unpaired) electrons. The van der Waals surface area contributed by atoms with Gasteiger partial charge in [0.1, 0.15) is 11.5 Å². The van der Waals surface area contributed by atoms with Crippen molar-refractivity contribution in [2.75, 3.05) is 24.9 Å². The standard InChI is InChI=1S/C19H19BrN2O4/c1-12(23)21-16-11-15(6-8-18(16)26-3)22-19(24)9-4-13-10-14(20)5-7-17(13)25-2/h4-11H,1-3H3,(H,21,23)(H,22,24)/b9-4+. The Balaban J connectivity index is 2.15. The van der Waals surface area contributed by atoms with Crippen molar-refractivity contribution in [3.63, 3.8) is 0 Å². The van der Waals surface area contributed by atoms with E-state index in [9.17, 15) is 9.59 Å².